The van der Waals surface area contributed by atoms with Crippen LogP contribution in [0.5, 0.6) is 5.75 Å². The number of aliphatic hydroxyl groups is 1. The number of carbonyl (C=O) groups is 1. The molecule has 0 bridgehead atoms. The summed E-state index contributed by atoms with van der Waals surface area (Å²) in [6.07, 6.45) is 4.95. The lowest BCUT2D eigenvalue weighted by Crippen LogP contribution is -2.46. The van der Waals surface area contributed by atoms with Crippen molar-refractivity contribution in [3.63, 3.8) is 0 Å². The summed E-state index contributed by atoms with van der Waals surface area (Å²) in [6, 6.07) is 7.83. The number of rotatable bonds is 5. The zero-order valence-electron chi connectivity index (χ0n) is 13.7. The lowest BCUT2D eigenvalue weighted by molar-refractivity contribution is -0.0301. The highest BCUT2D eigenvalue weighted by atomic mass is 16.5. The van der Waals surface area contributed by atoms with Gasteiger partial charge in [0.2, 0.25) is 0 Å². The number of aromatic amines is 1. The van der Waals surface area contributed by atoms with E-state index >= 15 is 0 Å². The number of carbonyl (C=O) groups excluding carboxylic acids is 1. The maximum atomic E-state index is 11.9. The van der Waals surface area contributed by atoms with E-state index in [2.05, 4.69) is 15.3 Å². The molecule has 1 fully saturated rings. The Kier molecular flexibility index (Phi) is 5.15. The molecule has 128 valence electrons. The molecule has 0 aliphatic heterocycles. The molecule has 24 heavy (non-hydrogen) atoms. The normalized spacial score (nSPS) is 23.7. The number of ether oxygens (including phenoxy) is 1. The van der Waals surface area contributed by atoms with Gasteiger partial charge in [-0.3, -0.25) is 4.79 Å². The summed E-state index contributed by atoms with van der Waals surface area (Å²) in [5, 5.41) is 13.4. The lowest BCUT2D eigenvalue weighted by atomic mass is 9.84. The third-order valence-corrected chi connectivity index (χ3v) is 4.47. The predicted molar refractivity (Wildman–Crippen MR) is 89.9 cm³/mol. The molecule has 2 aromatic rings. The van der Waals surface area contributed by atoms with E-state index in [4.69, 9.17) is 4.74 Å². The van der Waals surface area contributed by atoms with Gasteiger partial charge in [0.1, 0.15) is 11.9 Å². The van der Waals surface area contributed by atoms with Crippen LogP contribution in [0.4, 0.5) is 0 Å². The average molecular weight is 329 g/mol. The smallest absolute Gasteiger partial charge is 0.287 e. The largest absolute Gasteiger partial charge is 0.488 e. The minimum absolute atomic E-state index is 0.0203. The average Bonchev–Trinajstić information content (AvgIpc) is 3.12. The summed E-state index contributed by atoms with van der Waals surface area (Å²) in [4.78, 5) is 18.6. The van der Waals surface area contributed by atoms with Gasteiger partial charge in [0, 0.05) is 24.9 Å². The Morgan fingerprint density at radius 1 is 1.38 bits per heavy atom. The van der Waals surface area contributed by atoms with Gasteiger partial charge in [0.05, 0.1) is 6.10 Å². The molecule has 1 aliphatic rings. The van der Waals surface area contributed by atoms with Gasteiger partial charge in [-0.15, -0.1) is 0 Å². The molecule has 3 atom stereocenters. The predicted octanol–water partition coefficient (Wildman–Crippen LogP) is 2.06. The van der Waals surface area contributed by atoms with Crippen LogP contribution in [-0.4, -0.2) is 39.7 Å². The molecule has 1 heterocycles. The van der Waals surface area contributed by atoms with E-state index in [-0.39, 0.29) is 23.8 Å². The number of aliphatic hydroxyl groups excluding tert-OH is 1. The zero-order chi connectivity index (χ0) is 16.9. The number of hydrogen-bond donors (Lipinski definition) is 3. The molecule has 0 radical (unpaired) electrons. The van der Waals surface area contributed by atoms with Crippen molar-refractivity contribution in [1.29, 1.82) is 0 Å². The van der Waals surface area contributed by atoms with Crippen molar-refractivity contribution < 1.29 is 14.6 Å². The molecule has 0 unspecified atom stereocenters. The molecule has 3 rings (SSSR count). The van der Waals surface area contributed by atoms with Crippen molar-refractivity contribution in [2.45, 2.75) is 38.4 Å². The Morgan fingerprint density at radius 3 is 2.88 bits per heavy atom. The summed E-state index contributed by atoms with van der Waals surface area (Å²) in [6.45, 7) is 2.44. The van der Waals surface area contributed by atoms with Crippen LogP contribution in [0.3, 0.4) is 0 Å². The van der Waals surface area contributed by atoms with E-state index in [1.165, 1.54) is 11.8 Å². The van der Waals surface area contributed by atoms with Crippen molar-refractivity contribution >= 4 is 5.91 Å². The van der Waals surface area contributed by atoms with E-state index in [0.717, 1.165) is 25.0 Å². The first-order valence-corrected chi connectivity index (χ1v) is 8.32. The molecule has 0 spiro atoms. The topological polar surface area (TPSA) is 87.2 Å². The fourth-order valence-corrected chi connectivity index (χ4v) is 3.07. The van der Waals surface area contributed by atoms with Crippen LogP contribution < -0.4 is 10.1 Å². The second-order valence-electron chi connectivity index (χ2n) is 6.30. The van der Waals surface area contributed by atoms with E-state index in [1.807, 2.05) is 31.2 Å². The standard InChI is InChI=1S/C18H23N3O3/c1-12-5-7-14(8-6-12)24-15-4-2-3-13(16(15)22)11-21-18(23)17-19-9-10-20-17/h5-10,13,15-16,22H,2-4,11H2,1H3,(H,19,20)(H,21,23)/t13-,15-,16-/m1/s1. The Bertz CT molecular complexity index is 655. The highest BCUT2D eigenvalue weighted by molar-refractivity contribution is 5.90. The molecule has 1 aromatic heterocycles. The van der Waals surface area contributed by atoms with E-state index in [1.54, 1.807) is 6.20 Å². The zero-order valence-corrected chi connectivity index (χ0v) is 13.7. The monoisotopic (exact) mass is 329 g/mol. The molecule has 1 amide bonds. The molecular formula is C18H23N3O3. The first-order chi connectivity index (χ1) is 11.6. The Balaban J connectivity index is 1.55. The highest BCUT2D eigenvalue weighted by Gasteiger charge is 2.33. The van der Waals surface area contributed by atoms with Crippen molar-refractivity contribution in [2.24, 2.45) is 5.92 Å². The van der Waals surface area contributed by atoms with Crippen molar-refractivity contribution in [3.05, 3.63) is 48.0 Å². The van der Waals surface area contributed by atoms with Crippen molar-refractivity contribution in [3.8, 4) is 5.75 Å². The molecule has 6 nitrogen and oxygen atoms in total. The van der Waals surface area contributed by atoms with Crippen LogP contribution in [-0.2, 0) is 0 Å². The number of benzene rings is 1. The number of H-pyrrole nitrogens is 1. The summed E-state index contributed by atoms with van der Waals surface area (Å²) in [5.74, 6) is 0.777. The number of nitrogens with zero attached hydrogens (tertiary/aromatic N) is 1. The van der Waals surface area contributed by atoms with Crippen LogP contribution in [0.15, 0.2) is 36.7 Å². The highest BCUT2D eigenvalue weighted by Crippen LogP contribution is 2.28. The lowest BCUT2D eigenvalue weighted by Gasteiger charge is -2.35. The Labute approximate surface area is 141 Å². The first kappa shape index (κ1) is 16.5. The molecule has 3 N–H and O–H groups in total. The molecule has 6 heteroatoms. The van der Waals surface area contributed by atoms with E-state index in [0.29, 0.717) is 6.54 Å². The summed E-state index contributed by atoms with van der Waals surface area (Å²) >= 11 is 0. The minimum Gasteiger partial charge on any atom is -0.488 e. The van der Waals surface area contributed by atoms with Crippen LogP contribution in [0.1, 0.15) is 35.4 Å². The van der Waals surface area contributed by atoms with Crippen LogP contribution in [0.2, 0.25) is 0 Å². The third kappa shape index (κ3) is 3.94. The number of amides is 1. The molecular weight excluding hydrogens is 306 g/mol. The Morgan fingerprint density at radius 2 is 2.17 bits per heavy atom. The van der Waals surface area contributed by atoms with E-state index in [9.17, 15) is 9.90 Å². The van der Waals surface area contributed by atoms with Gasteiger partial charge in [0.25, 0.3) is 5.91 Å². The summed E-state index contributed by atoms with van der Waals surface area (Å²) in [5.41, 5.74) is 1.17. The fourth-order valence-electron chi connectivity index (χ4n) is 3.07. The van der Waals surface area contributed by atoms with E-state index < -0.39 is 6.10 Å². The second-order valence-corrected chi connectivity index (χ2v) is 6.30. The number of aromatic nitrogens is 2. The van der Waals surface area contributed by atoms with Gasteiger partial charge in [-0.1, -0.05) is 17.7 Å². The second kappa shape index (κ2) is 7.49. The molecule has 1 aliphatic carbocycles. The van der Waals surface area contributed by atoms with Crippen molar-refractivity contribution in [2.75, 3.05) is 6.54 Å². The number of imidazole rings is 1. The number of hydrogen-bond acceptors (Lipinski definition) is 4. The van der Waals surface area contributed by atoms with Crippen LogP contribution >= 0.6 is 0 Å². The van der Waals surface area contributed by atoms with Gasteiger partial charge < -0.3 is 20.1 Å². The maximum absolute atomic E-state index is 11.9. The van der Waals surface area contributed by atoms with Gasteiger partial charge >= 0.3 is 0 Å². The quantitative estimate of drug-likeness (QED) is 0.783. The SMILES string of the molecule is Cc1ccc(O[C@@H]2CCC[C@H](CNC(=O)c3ncc[nH]3)[C@H]2O)cc1. The molecule has 1 aromatic carbocycles. The third-order valence-electron chi connectivity index (χ3n) is 4.47. The van der Waals surface area contributed by atoms with Crippen molar-refractivity contribution in [1.82, 2.24) is 15.3 Å². The maximum Gasteiger partial charge on any atom is 0.287 e. The summed E-state index contributed by atoms with van der Waals surface area (Å²) < 4.78 is 5.95. The first-order valence-electron chi connectivity index (χ1n) is 8.32. The van der Waals surface area contributed by atoms with Crippen LogP contribution in [0.25, 0.3) is 0 Å². The van der Waals surface area contributed by atoms with Gasteiger partial charge in [-0.25, -0.2) is 4.98 Å². The van der Waals surface area contributed by atoms with Gasteiger partial charge in [-0.05, 0) is 38.3 Å². The van der Waals surface area contributed by atoms with Crippen LogP contribution in [0, 0.1) is 12.8 Å². The Hall–Kier alpha value is -2.34. The number of aryl methyl sites for hydroxylation is 1. The molecule has 1 saturated carbocycles. The fraction of sp³-hybridized carbons (Fsp3) is 0.444. The van der Waals surface area contributed by atoms with Gasteiger partial charge in [-0.2, -0.15) is 0 Å². The van der Waals surface area contributed by atoms with Gasteiger partial charge in [0.15, 0.2) is 5.82 Å². The molecule has 0 saturated heterocycles. The summed E-state index contributed by atoms with van der Waals surface area (Å²) in [7, 11) is 0. The number of nitrogens with one attached hydrogen (secondary N) is 2. The minimum atomic E-state index is -0.600.